The number of carbonyl (C=O) groups excluding carboxylic acids is 3. The van der Waals surface area contributed by atoms with Crippen LogP contribution in [0.3, 0.4) is 0 Å². The van der Waals surface area contributed by atoms with Crippen molar-refractivity contribution in [3.05, 3.63) is 64.7 Å². The van der Waals surface area contributed by atoms with E-state index in [2.05, 4.69) is 5.32 Å². The molecule has 30 heavy (non-hydrogen) atoms. The maximum atomic E-state index is 12.4. The van der Waals surface area contributed by atoms with Gasteiger partial charge in [-0.3, -0.25) is 14.4 Å². The Hall–Kier alpha value is -3.15. The Bertz CT molecular complexity index is 904. The number of benzene rings is 2. The minimum absolute atomic E-state index is 0.0400. The van der Waals surface area contributed by atoms with Gasteiger partial charge in [0.05, 0.1) is 13.5 Å². The van der Waals surface area contributed by atoms with E-state index in [0.717, 1.165) is 30.6 Å². The molecule has 0 fully saturated rings. The van der Waals surface area contributed by atoms with Crippen molar-refractivity contribution in [2.45, 2.75) is 45.1 Å². The topological polar surface area (TPSA) is 81.7 Å². The molecule has 158 valence electrons. The number of nitrogens with one attached hydrogen (secondary N) is 1. The van der Waals surface area contributed by atoms with Crippen molar-refractivity contribution in [1.29, 1.82) is 0 Å². The predicted octanol–water partition coefficient (Wildman–Crippen LogP) is 3.40. The predicted molar refractivity (Wildman–Crippen MR) is 112 cm³/mol. The van der Waals surface area contributed by atoms with E-state index >= 15 is 0 Å². The van der Waals surface area contributed by atoms with Crippen LogP contribution in [0.25, 0.3) is 0 Å². The lowest BCUT2D eigenvalue weighted by atomic mass is 9.89. The summed E-state index contributed by atoms with van der Waals surface area (Å²) >= 11 is 0. The average molecular weight is 409 g/mol. The third kappa shape index (κ3) is 6.17. The van der Waals surface area contributed by atoms with Gasteiger partial charge < -0.3 is 14.8 Å². The summed E-state index contributed by atoms with van der Waals surface area (Å²) in [6.45, 7) is -0.0286. The molecule has 0 unspecified atom stereocenters. The third-order valence-electron chi connectivity index (χ3n) is 5.24. The zero-order chi connectivity index (χ0) is 21.3. The fraction of sp³-hybridized carbons (Fsp3) is 0.375. The Labute approximate surface area is 176 Å². The van der Waals surface area contributed by atoms with Crippen molar-refractivity contribution in [2.24, 2.45) is 0 Å². The maximum Gasteiger partial charge on any atom is 0.306 e. The van der Waals surface area contributed by atoms with Crippen LogP contribution in [0.4, 0.5) is 0 Å². The second-order valence-electron chi connectivity index (χ2n) is 7.40. The average Bonchev–Trinajstić information content (AvgIpc) is 2.79. The Morgan fingerprint density at radius 1 is 0.933 bits per heavy atom. The second kappa shape index (κ2) is 10.6. The highest BCUT2D eigenvalue weighted by Gasteiger charge is 2.15. The van der Waals surface area contributed by atoms with E-state index in [1.807, 2.05) is 30.3 Å². The fourth-order valence-corrected chi connectivity index (χ4v) is 3.48. The van der Waals surface area contributed by atoms with Crippen LogP contribution >= 0.6 is 0 Å². The molecule has 1 amide bonds. The van der Waals surface area contributed by atoms with Crippen LogP contribution in [-0.2, 0) is 33.7 Å². The summed E-state index contributed by atoms with van der Waals surface area (Å²) in [5.74, 6) is -0.283. The zero-order valence-corrected chi connectivity index (χ0v) is 17.2. The van der Waals surface area contributed by atoms with Crippen molar-refractivity contribution in [3.8, 4) is 5.75 Å². The summed E-state index contributed by atoms with van der Waals surface area (Å²) < 4.78 is 10.1. The molecule has 6 heteroatoms. The highest BCUT2D eigenvalue weighted by Crippen LogP contribution is 2.23. The van der Waals surface area contributed by atoms with Gasteiger partial charge in [-0.05, 0) is 60.6 Å². The summed E-state index contributed by atoms with van der Waals surface area (Å²) in [6, 6.07) is 13.1. The van der Waals surface area contributed by atoms with Crippen LogP contribution in [0, 0.1) is 0 Å². The van der Waals surface area contributed by atoms with Gasteiger partial charge in [-0.25, -0.2) is 0 Å². The van der Waals surface area contributed by atoms with E-state index in [-0.39, 0.29) is 31.1 Å². The van der Waals surface area contributed by atoms with Gasteiger partial charge in [0.15, 0.2) is 12.4 Å². The van der Waals surface area contributed by atoms with Gasteiger partial charge in [0.2, 0.25) is 0 Å². The Morgan fingerprint density at radius 3 is 2.40 bits per heavy atom. The molecule has 2 aromatic rings. The number of amides is 1. The van der Waals surface area contributed by atoms with Crippen molar-refractivity contribution < 1.29 is 23.9 Å². The second-order valence-corrected chi connectivity index (χ2v) is 7.40. The molecule has 0 bridgehead atoms. The molecule has 2 aromatic carbocycles. The van der Waals surface area contributed by atoms with Gasteiger partial charge in [-0.1, -0.05) is 24.3 Å². The molecule has 0 spiro atoms. The lowest BCUT2D eigenvalue weighted by Gasteiger charge is -2.16. The molecule has 3 rings (SSSR count). The molecule has 6 nitrogen and oxygen atoms in total. The third-order valence-corrected chi connectivity index (χ3v) is 5.24. The molecule has 0 aliphatic heterocycles. The van der Waals surface area contributed by atoms with Crippen LogP contribution < -0.4 is 10.1 Å². The molecular formula is C24H27NO5. The molecule has 0 heterocycles. The van der Waals surface area contributed by atoms with Crippen LogP contribution in [0.1, 0.15) is 52.7 Å². The summed E-state index contributed by atoms with van der Waals surface area (Å²) in [7, 11) is 1.59. The lowest BCUT2D eigenvalue weighted by molar-refractivity contribution is -0.148. The summed E-state index contributed by atoms with van der Waals surface area (Å²) in [5, 5.41) is 2.69. The summed E-state index contributed by atoms with van der Waals surface area (Å²) in [6.07, 6.45) is 4.45. The van der Waals surface area contributed by atoms with E-state index in [0.29, 0.717) is 12.1 Å². The van der Waals surface area contributed by atoms with Crippen molar-refractivity contribution in [1.82, 2.24) is 5.32 Å². The quantitative estimate of drug-likeness (QED) is 0.507. The van der Waals surface area contributed by atoms with Gasteiger partial charge in [0, 0.05) is 18.5 Å². The van der Waals surface area contributed by atoms with Gasteiger partial charge in [0.25, 0.3) is 5.91 Å². The minimum Gasteiger partial charge on any atom is -0.497 e. The largest absolute Gasteiger partial charge is 0.497 e. The first-order valence-electron chi connectivity index (χ1n) is 10.3. The van der Waals surface area contributed by atoms with E-state index in [1.54, 1.807) is 19.2 Å². The number of carbonyl (C=O) groups is 3. The van der Waals surface area contributed by atoms with Crippen molar-refractivity contribution in [2.75, 3.05) is 13.7 Å². The highest BCUT2D eigenvalue weighted by atomic mass is 16.5. The summed E-state index contributed by atoms with van der Waals surface area (Å²) in [4.78, 5) is 36.1. The first-order chi connectivity index (χ1) is 14.5. The monoisotopic (exact) mass is 409 g/mol. The van der Waals surface area contributed by atoms with Crippen molar-refractivity contribution in [3.63, 3.8) is 0 Å². The number of hydrogen-bond donors (Lipinski definition) is 1. The van der Waals surface area contributed by atoms with E-state index in [1.165, 1.54) is 17.5 Å². The fourth-order valence-electron chi connectivity index (χ4n) is 3.48. The van der Waals surface area contributed by atoms with E-state index in [4.69, 9.17) is 9.47 Å². The van der Waals surface area contributed by atoms with Gasteiger partial charge >= 0.3 is 5.97 Å². The Balaban J connectivity index is 1.36. The smallest absolute Gasteiger partial charge is 0.306 e. The van der Waals surface area contributed by atoms with Gasteiger partial charge in [-0.2, -0.15) is 0 Å². The minimum atomic E-state index is -0.555. The van der Waals surface area contributed by atoms with Crippen LogP contribution in [0.2, 0.25) is 0 Å². The van der Waals surface area contributed by atoms with Gasteiger partial charge in [0.1, 0.15) is 5.75 Å². The molecule has 1 aliphatic rings. The number of methoxy groups -OCH3 is 1. The maximum absolute atomic E-state index is 12.4. The van der Waals surface area contributed by atoms with Crippen molar-refractivity contribution >= 4 is 17.7 Å². The molecule has 1 N–H and O–H groups in total. The number of aryl methyl sites for hydroxylation is 2. The summed E-state index contributed by atoms with van der Waals surface area (Å²) in [5.41, 5.74) is 4.10. The van der Waals surface area contributed by atoms with Gasteiger partial charge in [-0.15, -0.1) is 0 Å². The molecule has 1 aliphatic carbocycles. The Morgan fingerprint density at radius 2 is 1.67 bits per heavy atom. The molecule has 0 saturated heterocycles. The van der Waals surface area contributed by atoms with Crippen LogP contribution in [0.15, 0.2) is 42.5 Å². The number of esters is 1. The number of rotatable bonds is 9. The molecule has 0 radical (unpaired) electrons. The Kier molecular flexibility index (Phi) is 7.60. The van der Waals surface area contributed by atoms with Crippen LogP contribution in [0.5, 0.6) is 5.75 Å². The number of fused-ring (bicyclic) bond motifs is 1. The number of ether oxygens (including phenoxy) is 2. The molecule has 0 saturated carbocycles. The van der Waals surface area contributed by atoms with E-state index < -0.39 is 5.97 Å². The zero-order valence-electron chi connectivity index (χ0n) is 17.2. The SMILES string of the molecule is COc1ccc(CNC(=O)COC(=O)CCC(=O)c2ccc3c(c2)CCCC3)cc1. The molecular weight excluding hydrogens is 382 g/mol. The standard InChI is InChI=1S/C24H27NO5/c1-29-21-10-6-17(7-11-21)15-25-23(27)16-30-24(28)13-12-22(26)20-9-8-18-4-2-3-5-19(18)14-20/h6-11,14H,2-5,12-13,15-16H2,1H3,(H,25,27). The lowest BCUT2D eigenvalue weighted by Crippen LogP contribution is -2.28. The molecule has 0 aromatic heterocycles. The highest BCUT2D eigenvalue weighted by molar-refractivity contribution is 5.97. The van der Waals surface area contributed by atoms with Crippen LogP contribution in [-0.4, -0.2) is 31.4 Å². The molecule has 0 atom stereocenters. The normalized spacial score (nSPS) is 12.6. The number of hydrogen-bond acceptors (Lipinski definition) is 5. The first kappa shape index (κ1) is 21.6. The number of Topliss-reactive ketones (excluding diaryl/α,β-unsaturated/α-hetero) is 1. The van der Waals surface area contributed by atoms with E-state index in [9.17, 15) is 14.4 Å². The number of ketones is 1. The first-order valence-corrected chi connectivity index (χ1v) is 10.3.